The van der Waals surface area contributed by atoms with Crippen LogP contribution in [0, 0.1) is 17.2 Å². The summed E-state index contributed by atoms with van der Waals surface area (Å²) in [6.07, 6.45) is 5.81. The van der Waals surface area contributed by atoms with E-state index in [9.17, 15) is 4.79 Å². The van der Waals surface area contributed by atoms with Gasteiger partial charge in [0.1, 0.15) is 5.82 Å². The second-order valence-electron chi connectivity index (χ2n) is 7.36. The number of piperidine rings is 1. The minimum atomic E-state index is 0.296. The van der Waals surface area contributed by atoms with Crippen molar-refractivity contribution in [3.05, 3.63) is 35.8 Å². The van der Waals surface area contributed by atoms with Crippen LogP contribution in [0.15, 0.2) is 24.4 Å². The Kier molecular flexibility index (Phi) is 3.42. The molecule has 1 aromatic carbocycles. The molecule has 130 valence electrons. The highest BCUT2D eigenvalue weighted by Crippen LogP contribution is 2.34. The van der Waals surface area contributed by atoms with E-state index in [0.717, 1.165) is 66.5 Å². The summed E-state index contributed by atoms with van der Waals surface area (Å²) in [6, 6.07) is 7.68. The van der Waals surface area contributed by atoms with Gasteiger partial charge in [-0.25, -0.2) is 4.98 Å². The van der Waals surface area contributed by atoms with E-state index in [1.54, 1.807) is 6.07 Å². The first-order chi connectivity index (χ1) is 12.7. The van der Waals surface area contributed by atoms with Crippen molar-refractivity contribution < 1.29 is 4.79 Å². The number of hydrogen-bond acceptors (Lipinski definition) is 4. The summed E-state index contributed by atoms with van der Waals surface area (Å²) in [5.74, 6) is 1.94. The van der Waals surface area contributed by atoms with Crippen molar-refractivity contribution in [3.8, 4) is 6.07 Å². The summed E-state index contributed by atoms with van der Waals surface area (Å²) in [4.78, 5) is 27.0. The second-order valence-corrected chi connectivity index (χ2v) is 7.36. The molecule has 1 saturated heterocycles. The van der Waals surface area contributed by atoms with Gasteiger partial charge < -0.3 is 9.88 Å². The van der Waals surface area contributed by atoms with Gasteiger partial charge in [-0.1, -0.05) is 0 Å². The van der Waals surface area contributed by atoms with Gasteiger partial charge in [-0.15, -0.1) is 0 Å². The van der Waals surface area contributed by atoms with Crippen LogP contribution in [0.25, 0.3) is 21.9 Å². The molecule has 3 heterocycles. The fourth-order valence-electron chi connectivity index (χ4n) is 3.90. The van der Waals surface area contributed by atoms with E-state index in [1.807, 2.05) is 23.2 Å². The predicted molar refractivity (Wildman–Crippen MR) is 97.4 cm³/mol. The van der Waals surface area contributed by atoms with E-state index in [0.29, 0.717) is 23.3 Å². The Labute approximate surface area is 150 Å². The number of amides is 1. The molecule has 0 spiro atoms. The SMILES string of the molecule is N#Cc1ccc2ncc3[nH]c(C4CCN(C(=O)C5CC5)CC4)nc3c2c1. The van der Waals surface area contributed by atoms with Gasteiger partial charge in [0.05, 0.1) is 34.4 Å². The first kappa shape index (κ1) is 15.3. The lowest BCUT2D eigenvalue weighted by atomic mass is 9.96. The number of aromatic amines is 1. The number of rotatable bonds is 2. The number of carbonyl (C=O) groups excluding carboxylic acids is 1. The zero-order chi connectivity index (χ0) is 17.7. The van der Waals surface area contributed by atoms with E-state index >= 15 is 0 Å². The topological polar surface area (TPSA) is 85.7 Å². The molecule has 26 heavy (non-hydrogen) atoms. The number of nitrogens with zero attached hydrogens (tertiary/aromatic N) is 4. The smallest absolute Gasteiger partial charge is 0.225 e. The van der Waals surface area contributed by atoms with Crippen LogP contribution >= 0.6 is 0 Å². The number of likely N-dealkylation sites (tertiary alicyclic amines) is 1. The van der Waals surface area contributed by atoms with Crippen LogP contribution in [0.4, 0.5) is 0 Å². The summed E-state index contributed by atoms with van der Waals surface area (Å²) in [5, 5.41) is 10.1. The number of hydrogen-bond donors (Lipinski definition) is 1. The third-order valence-corrected chi connectivity index (χ3v) is 5.58. The van der Waals surface area contributed by atoms with Gasteiger partial charge in [0.25, 0.3) is 0 Å². The predicted octanol–water partition coefficient (Wildman–Crippen LogP) is 3.10. The minimum Gasteiger partial charge on any atom is -0.342 e. The van der Waals surface area contributed by atoms with Crippen molar-refractivity contribution in [1.82, 2.24) is 19.9 Å². The lowest BCUT2D eigenvalue weighted by Crippen LogP contribution is -2.38. The van der Waals surface area contributed by atoms with Crippen LogP contribution in [0.1, 0.15) is 43.0 Å². The Morgan fingerprint density at radius 1 is 1.23 bits per heavy atom. The van der Waals surface area contributed by atoms with Crippen molar-refractivity contribution in [2.24, 2.45) is 5.92 Å². The quantitative estimate of drug-likeness (QED) is 0.773. The maximum atomic E-state index is 12.2. The number of benzene rings is 1. The van der Waals surface area contributed by atoms with Gasteiger partial charge in [0.2, 0.25) is 5.91 Å². The number of aromatic nitrogens is 3. The van der Waals surface area contributed by atoms with Gasteiger partial charge >= 0.3 is 0 Å². The normalized spacial score (nSPS) is 18.3. The average Bonchev–Trinajstić information content (AvgIpc) is 3.45. The molecule has 6 heteroatoms. The van der Waals surface area contributed by atoms with E-state index in [1.165, 1.54) is 0 Å². The molecule has 0 unspecified atom stereocenters. The Morgan fingerprint density at radius 2 is 2.04 bits per heavy atom. The molecule has 2 aromatic heterocycles. The van der Waals surface area contributed by atoms with Crippen molar-refractivity contribution in [2.45, 2.75) is 31.6 Å². The number of carbonyl (C=O) groups is 1. The lowest BCUT2D eigenvalue weighted by molar-refractivity contribution is -0.133. The number of nitrogens with one attached hydrogen (secondary N) is 1. The molecule has 3 aromatic rings. The van der Waals surface area contributed by atoms with Gasteiger partial charge in [-0.3, -0.25) is 9.78 Å². The highest BCUT2D eigenvalue weighted by Gasteiger charge is 2.35. The molecule has 2 fully saturated rings. The Hall–Kier alpha value is -2.94. The van der Waals surface area contributed by atoms with Crippen LogP contribution in [0.3, 0.4) is 0 Å². The van der Waals surface area contributed by atoms with E-state index < -0.39 is 0 Å². The molecule has 0 bridgehead atoms. The summed E-state index contributed by atoms with van der Waals surface area (Å²) in [7, 11) is 0. The van der Waals surface area contributed by atoms with Gasteiger partial charge in [0.15, 0.2) is 0 Å². The molecular weight excluding hydrogens is 326 g/mol. The molecule has 5 rings (SSSR count). The maximum Gasteiger partial charge on any atom is 0.225 e. The number of pyridine rings is 1. The first-order valence-corrected chi connectivity index (χ1v) is 9.20. The van der Waals surface area contributed by atoms with E-state index in [2.05, 4.69) is 16.0 Å². The molecular formula is C20H19N5O. The van der Waals surface area contributed by atoms with Gasteiger partial charge in [-0.2, -0.15) is 5.26 Å². The zero-order valence-corrected chi connectivity index (χ0v) is 14.4. The highest BCUT2D eigenvalue weighted by atomic mass is 16.2. The summed E-state index contributed by atoms with van der Waals surface area (Å²) < 4.78 is 0. The Balaban J connectivity index is 1.44. The molecule has 1 aliphatic heterocycles. The minimum absolute atomic E-state index is 0.296. The largest absolute Gasteiger partial charge is 0.342 e. The molecule has 0 atom stereocenters. The van der Waals surface area contributed by atoms with Crippen LogP contribution in [0.2, 0.25) is 0 Å². The molecule has 2 aliphatic rings. The third-order valence-electron chi connectivity index (χ3n) is 5.58. The molecule has 1 amide bonds. The molecule has 1 saturated carbocycles. The Morgan fingerprint density at radius 3 is 2.77 bits per heavy atom. The molecule has 6 nitrogen and oxygen atoms in total. The number of nitriles is 1. The van der Waals surface area contributed by atoms with Crippen LogP contribution in [0.5, 0.6) is 0 Å². The lowest BCUT2D eigenvalue weighted by Gasteiger charge is -2.31. The average molecular weight is 345 g/mol. The fourth-order valence-corrected chi connectivity index (χ4v) is 3.90. The zero-order valence-electron chi connectivity index (χ0n) is 14.4. The van der Waals surface area contributed by atoms with Crippen molar-refractivity contribution in [2.75, 3.05) is 13.1 Å². The van der Waals surface area contributed by atoms with Crippen molar-refractivity contribution in [1.29, 1.82) is 5.26 Å². The monoisotopic (exact) mass is 345 g/mol. The van der Waals surface area contributed by atoms with E-state index in [4.69, 9.17) is 10.2 Å². The Bertz CT molecular complexity index is 1050. The van der Waals surface area contributed by atoms with Crippen LogP contribution in [-0.4, -0.2) is 38.8 Å². The van der Waals surface area contributed by atoms with E-state index in [-0.39, 0.29) is 0 Å². The summed E-state index contributed by atoms with van der Waals surface area (Å²) >= 11 is 0. The van der Waals surface area contributed by atoms with Gasteiger partial charge in [0, 0.05) is 30.3 Å². The van der Waals surface area contributed by atoms with Gasteiger partial charge in [-0.05, 0) is 43.9 Å². The van der Waals surface area contributed by atoms with Crippen LogP contribution in [-0.2, 0) is 4.79 Å². The maximum absolute atomic E-state index is 12.2. The van der Waals surface area contributed by atoms with Crippen LogP contribution < -0.4 is 0 Å². The molecule has 1 aliphatic carbocycles. The standard InChI is InChI=1S/C20H19N5O/c21-10-12-1-4-16-15(9-12)18-17(11-22-16)23-19(24-18)13-5-7-25(8-6-13)20(26)14-2-3-14/h1,4,9,11,13-14H,2-3,5-8H2,(H,23,24). The molecule has 0 radical (unpaired) electrons. The summed E-state index contributed by atoms with van der Waals surface area (Å²) in [5.41, 5.74) is 3.24. The first-order valence-electron chi connectivity index (χ1n) is 9.20. The number of fused-ring (bicyclic) bond motifs is 3. The number of H-pyrrole nitrogens is 1. The second kappa shape index (κ2) is 5.80. The molecule has 1 N–H and O–H groups in total. The summed E-state index contributed by atoms with van der Waals surface area (Å²) in [6.45, 7) is 1.63. The number of imidazole rings is 1. The fraction of sp³-hybridized carbons (Fsp3) is 0.400. The van der Waals surface area contributed by atoms with Crippen molar-refractivity contribution in [3.63, 3.8) is 0 Å². The van der Waals surface area contributed by atoms with Crippen molar-refractivity contribution >= 4 is 27.8 Å². The highest BCUT2D eigenvalue weighted by molar-refractivity contribution is 6.02. The third kappa shape index (κ3) is 2.51.